The van der Waals surface area contributed by atoms with Crippen LogP contribution in [-0.4, -0.2) is 29.3 Å². The molecule has 0 saturated heterocycles. The zero-order valence-electron chi connectivity index (χ0n) is 12.0. The summed E-state index contributed by atoms with van der Waals surface area (Å²) in [4.78, 5) is 15.9. The quantitative estimate of drug-likeness (QED) is 0.645. The van der Waals surface area contributed by atoms with Gasteiger partial charge in [0.05, 0.1) is 18.9 Å². The maximum Gasteiger partial charge on any atom is 0.272 e. The molecule has 2 aromatic rings. The van der Waals surface area contributed by atoms with E-state index in [1.807, 2.05) is 6.92 Å². The van der Waals surface area contributed by atoms with Crippen LogP contribution in [0.1, 0.15) is 21.6 Å². The van der Waals surface area contributed by atoms with Crippen molar-refractivity contribution in [2.45, 2.75) is 6.92 Å². The van der Waals surface area contributed by atoms with E-state index in [2.05, 4.69) is 31.4 Å². The van der Waals surface area contributed by atoms with Gasteiger partial charge in [-0.15, -0.1) is 0 Å². The summed E-state index contributed by atoms with van der Waals surface area (Å²) >= 11 is 3.30. The number of hydrogen-bond acceptors (Lipinski definition) is 5. The van der Waals surface area contributed by atoms with Gasteiger partial charge in [-0.2, -0.15) is 5.10 Å². The van der Waals surface area contributed by atoms with Crippen LogP contribution in [-0.2, 0) is 0 Å². The molecule has 2 N–H and O–H groups in total. The fourth-order valence-electron chi connectivity index (χ4n) is 1.68. The van der Waals surface area contributed by atoms with Crippen molar-refractivity contribution in [2.75, 3.05) is 7.11 Å². The highest BCUT2D eigenvalue weighted by atomic mass is 79.9. The van der Waals surface area contributed by atoms with Crippen molar-refractivity contribution in [3.63, 3.8) is 0 Å². The molecule has 0 unspecified atom stereocenters. The van der Waals surface area contributed by atoms with Crippen LogP contribution in [0.3, 0.4) is 0 Å². The van der Waals surface area contributed by atoms with Gasteiger partial charge in [-0.3, -0.25) is 9.78 Å². The zero-order valence-corrected chi connectivity index (χ0v) is 13.6. The van der Waals surface area contributed by atoms with E-state index in [9.17, 15) is 9.90 Å². The molecule has 1 heterocycles. The molecule has 0 aliphatic carbocycles. The number of halogens is 1. The lowest BCUT2D eigenvalue weighted by molar-refractivity contribution is 0.0954. The molecule has 114 valence electrons. The first-order valence-electron chi connectivity index (χ1n) is 6.34. The Morgan fingerprint density at radius 1 is 1.45 bits per heavy atom. The molecule has 0 atom stereocenters. The molecule has 2 rings (SSSR count). The molecule has 6 nitrogen and oxygen atoms in total. The van der Waals surface area contributed by atoms with Crippen LogP contribution in [0.4, 0.5) is 0 Å². The number of hydrogen-bond donors (Lipinski definition) is 2. The lowest BCUT2D eigenvalue weighted by atomic mass is 10.2. The summed E-state index contributed by atoms with van der Waals surface area (Å²) < 4.78 is 5.76. The van der Waals surface area contributed by atoms with Crippen molar-refractivity contribution in [1.82, 2.24) is 10.4 Å². The Balaban J connectivity index is 2.11. The summed E-state index contributed by atoms with van der Waals surface area (Å²) in [5, 5.41) is 13.8. The first kappa shape index (κ1) is 16.0. The first-order chi connectivity index (χ1) is 10.5. The minimum Gasteiger partial charge on any atom is -0.504 e. The molecule has 0 aliphatic rings. The number of carbonyl (C=O) groups excluding carboxylic acids is 1. The third-order valence-electron chi connectivity index (χ3n) is 2.83. The Labute approximate surface area is 136 Å². The predicted molar refractivity (Wildman–Crippen MR) is 86.4 cm³/mol. The van der Waals surface area contributed by atoms with Gasteiger partial charge >= 0.3 is 0 Å². The average Bonchev–Trinajstić information content (AvgIpc) is 2.50. The molecule has 0 saturated carbocycles. The topological polar surface area (TPSA) is 83.8 Å². The van der Waals surface area contributed by atoms with Gasteiger partial charge in [-0.25, -0.2) is 5.43 Å². The summed E-state index contributed by atoms with van der Waals surface area (Å²) in [5.74, 6) is -0.129. The number of phenolic OH excluding ortho intramolecular Hbond substituents is 1. The third kappa shape index (κ3) is 3.82. The number of hydrazone groups is 1. The summed E-state index contributed by atoms with van der Waals surface area (Å²) in [5.41, 5.74) is 4.01. The summed E-state index contributed by atoms with van der Waals surface area (Å²) in [6.45, 7) is 1.84. The molecule has 7 heteroatoms. The summed E-state index contributed by atoms with van der Waals surface area (Å²) in [7, 11) is 1.45. The van der Waals surface area contributed by atoms with Crippen molar-refractivity contribution < 1.29 is 14.6 Å². The van der Waals surface area contributed by atoms with E-state index in [1.165, 1.54) is 19.5 Å². The Morgan fingerprint density at radius 3 is 2.86 bits per heavy atom. The molecule has 0 radical (unpaired) electrons. The molecule has 1 aromatic carbocycles. The second-order valence-electron chi connectivity index (χ2n) is 4.43. The van der Waals surface area contributed by atoms with Crippen LogP contribution in [0.2, 0.25) is 0 Å². The second-order valence-corrected chi connectivity index (χ2v) is 5.35. The number of benzene rings is 1. The second kappa shape index (κ2) is 7.04. The number of carbonyl (C=O) groups is 1. The number of pyridine rings is 1. The van der Waals surface area contributed by atoms with Crippen molar-refractivity contribution in [2.24, 2.45) is 5.10 Å². The number of nitrogens with zero attached hydrogens (tertiary/aromatic N) is 2. The number of aryl methyl sites for hydroxylation is 1. The van der Waals surface area contributed by atoms with Gasteiger partial charge in [0.1, 0.15) is 0 Å². The van der Waals surface area contributed by atoms with E-state index in [-0.39, 0.29) is 11.7 Å². The number of aromatic hydroxyl groups is 1. The molecule has 0 bridgehead atoms. The number of phenols is 1. The number of nitrogens with one attached hydrogen (secondary N) is 1. The lowest BCUT2D eigenvalue weighted by Gasteiger charge is -2.06. The van der Waals surface area contributed by atoms with Crippen molar-refractivity contribution in [3.05, 3.63) is 51.8 Å². The normalized spacial score (nSPS) is 10.7. The molecule has 1 aromatic heterocycles. The fraction of sp³-hybridized carbons (Fsp3) is 0.133. The highest BCUT2D eigenvalue weighted by molar-refractivity contribution is 9.10. The van der Waals surface area contributed by atoms with Gasteiger partial charge in [0.15, 0.2) is 11.5 Å². The Kier molecular flexibility index (Phi) is 5.11. The van der Waals surface area contributed by atoms with Crippen molar-refractivity contribution in [1.29, 1.82) is 0 Å². The Morgan fingerprint density at radius 2 is 2.23 bits per heavy atom. The number of rotatable bonds is 4. The largest absolute Gasteiger partial charge is 0.504 e. The zero-order chi connectivity index (χ0) is 16.1. The van der Waals surface area contributed by atoms with E-state index < -0.39 is 0 Å². The number of methoxy groups -OCH3 is 1. The smallest absolute Gasteiger partial charge is 0.272 e. The number of amides is 1. The van der Waals surface area contributed by atoms with Crippen LogP contribution >= 0.6 is 15.9 Å². The highest BCUT2D eigenvalue weighted by Gasteiger charge is 2.08. The minimum absolute atomic E-state index is 0.0549. The molecule has 0 aliphatic heterocycles. The van der Waals surface area contributed by atoms with E-state index in [4.69, 9.17) is 4.74 Å². The van der Waals surface area contributed by atoms with Crippen LogP contribution < -0.4 is 10.2 Å². The lowest BCUT2D eigenvalue weighted by Crippen LogP contribution is -2.17. The van der Waals surface area contributed by atoms with Crippen LogP contribution in [0.5, 0.6) is 11.5 Å². The standard InChI is InChI=1S/C15H14BrN3O3/c1-9-3-4-10(7-17-9)15(21)19-18-8-11-5-12(16)6-13(22-2)14(11)20/h3-8,20H,1-2H3,(H,19,21)/b18-8+. The third-order valence-corrected chi connectivity index (χ3v) is 3.29. The van der Waals surface area contributed by atoms with Gasteiger partial charge in [0.25, 0.3) is 5.91 Å². The predicted octanol–water partition coefficient (Wildman–Crippen LogP) is 2.63. The maximum atomic E-state index is 11.9. The van der Waals surface area contributed by atoms with Gasteiger partial charge in [0, 0.05) is 21.9 Å². The maximum absolute atomic E-state index is 11.9. The molecule has 0 fully saturated rings. The summed E-state index contributed by atoms with van der Waals surface area (Å²) in [6, 6.07) is 6.68. The SMILES string of the molecule is COc1cc(Br)cc(/C=N/NC(=O)c2ccc(C)nc2)c1O. The fourth-order valence-corrected chi connectivity index (χ4v) is 2.13. The minimum atomic E-state index is -0.384. The Hall–Kier alpha value is -2.41. The Bertz CT molecular complexity index is 715. The molecule has 0 spiro atoms. The van der Waals surface area contributed by atoms with Gasteiger partial charge < -0.3 is 9.84 Å². The van der Waals surface area contributed by atoms with Crippen LogP contribution in [0.25, 0.3) is 0 Å². The van der Waals surface area contributed by atoms with Gasteiger partial charge in [-0.05, 0) is 31.2 Å². The number of ether oxygens (including phenoxy) is 1. The monoisotopic (exact) mass is 363 g/mol. The van der Waals surface area contributed by atoms with E-state index in [0.29, 0.717) is 16.9 Å². The van der Waals surface area contributed by atoms with Crippen LogP contribution in [0.15, 0.2) is 40.0 Å². The highest BCUT2D eigenvalue weighted by Crippen LogP contribution is 2.32. The first-order valence-corrected chi connectivity index (χ1v) is 7.13. The number of aromatic nitrogens is 1. The van der Waals surface area contributed by atoms with E-state index >= 15 is 0 Å². The molecular weight excluding hydrogens is 350 g/mol. The van der Waals surface area contributed by atoms with E-state index in [0.717, 1.165) is 10.2 Å². The van der Waals surface area contributed by atoms with Crippen molar-refractivity contribution in [3.8, 4) is 11.5 Å². The average molecular weight is 364 g/mol. The molecule has 22 heavy (non-hydrogen) atoms. The van der Waals surface area contributed by atoms with Crippen molar-refractivity contribution >= 4 is 28.1 Å². The van der Waals surface area contributed by atoms with Crippen LogP contribution in [0, 0.1) is 6.92 Å². The van der Waals surface area contributed by atoms with E-state index in [1.54, 1.807) is 24.3 Å². The van der Waals surface area contributed by atoms with Gasteiger partial charge in [-0.1, -0.05) is 15.9 Å². The summed E-state index contributed by atoms with van der Waals surface area (Å²) in [6.07, 6.45) is 2.81. The van der Waals surface area contributed by atoms with Gasteiger partial charge in [0.2, 0.25) is 0 Å². The molecular formula is C15H14BrN3O3. The molecule has 1 amide bonds.